The van der Waals surface area contributed by atoms with Gasteiger partial charge in [0.1, 0.15) is 10.0 Å². The van der Waals surface area contributed by atoms with Crippen molar-refractivity contribution in [1.29, 1.82) is 0 Å². The molecule has 0 aromatic carbocycles. The monoisotopic (exact) mass is 277 g/mol. The van der Waals surface area contributed by atoms with E-state index in [9.17, 15) is 0 Å². The number of rotatable bonds is 4. The fraction of sp³-hybridized carbons (Fsp3) is 0.800. The van der Waals surface area contributed by atoms with Crippen LogP contribution in [0.4, 0.5) is 0 Å². The van der Waals surface area contributed by atoms with E-state index in [0.717, 1.165) is 21.8 Å². The summed E-state index contributed by atoms with van der Waals surface area (Å²) in [7, 11) is 2.16. The summed E-state index contributed by atoms with van der Waals surface area (Å²) in [4.78, 5) is 2.36. The Balaban J connectivity index is 1.89. The third-order valence-corrected chi connectivity index (χ3v) is 5.30. The summed E-state index contributed by atoms with van der Waals surface area (Å²) in [5.74, 6) is 0. The molecule has 1 fully saturated rings. The van der Waals surface area contributed by atoms with Gasteiger partial charge in [-0.1, -0.05) is 16.1 Å². The predicted molar refractivity (Wildman–Crippen MR) is 71.3 cm³/mol. The molecule has 1 aromatic rings. The first-order valence-corrected chi connectivity index (χ1v) is 7.84. The van der Waals surface area contributed by atoms with Crippen LogP contribution in [-0.4, -0.2) is 39.1 Å². The molecule has 0 amide bonds. The Labute approximate surface area is 110 Å². The number of aromatic nitrogens is 2. The molecule has 16 heavy (non-hydrogen) atoms. The third-order valence-electron chi connectivity index (χ3n) is 3.22. The molecule has 6 heteroatoms. The summed E-state index contributed by atoms with van der Waals surface area (Å²) in [6.45, 7) is 0.821. The number of hydrogen-bond acceptors (Lipinski definition) is 5. The molecule has 0 spiro atoms. The van der Waals surface area contributed by atoms with Gasteiger partial charge in [-0.05, 0) is 32.6 Å². The molecule has 1 aliphatic rings. The van der Waals surface area contributed by atoms with Crippen LogP contribution in [-0.2, 0) is 6.54 Å². The topological polar surface area (TPSA) is 29.0 Å². The van der Waals surface area contributed by atoms with Crippen molar-refractivity contribution in [3.05, 3.63) is 10.0 Å². The minimum absolute atomic E-state index is 0.676. The van der Waals surface area contributed by atoms with Crippen LogP contribution in [0, 0.1) is 0 Å². The Bertz CT molecular complexity index is 345. The van der Waals surface area contributed by atoms with Gasteiger partial charge in [0.25, 0.3) is 0 Å². The van der Waals surface area contributed by atoms with Gasteiger partial charge < -0.3 is 0 Å². The quantitative estimate of drug-likeness (QED) is 0.846. The molecule has 0 aliphatic heterocycles. The van der Waals surface area contributed by atoms with Crippen LogP contribution < -0.4 is 0 Å². The highest BCUT2D eigenvalue weighted by molar-refractivity contribution is 7.99. The molecule has 0 unspecified atom stereocenters. The van der Waals surface area contributed by atoms with Crippen molar-refractivity contribution in [1.82, 2.24) is 14.5 Å². The van der Waals surface area contributed by atoms with E-state index in [1.54, 1.807) is 0 Å². The Morgan fingerprint density at radius 3 is 2.94 bits per heavy atom. The lowest BCUT2D eigenvalue weighted by Gasteiger charge is -2.23. The maximum atomic E-state index is 6.01. The molecule has 3 nitrogen and oxygen atoms in total. The van der Waals surface area contributed by atoms with Crippen molar-refractivity contribution in [3.8, 4) is 0 Å². The molecule has 0 radical (unpaired) electrons. The van der Waals surface area contributed by atoms with Gasteiger partial charge in [-0.15, -0.1) is 5.10 Å². The second kappa shape index (κ2) is 5.67. The summed E-state index contributed by atoms with van der Waals surface area (Å²) in [5, 5.41) is 4.89. The second-order valence-corrected chi connectivity index (χ2v) is 6.73. The minimum atomic E-state index is 0.676. The lowest BCUT2D eigenvalue weighted by atomic mass is 10.2. The van der Waals surface area contributed by atoms with E-state index in [-0.39, 0.29) is 0 Å². The van der Waals surface area contributed by atoms with Gasteiger partial charge in [0.05, 0.1) is 0 Å². The van der Waals surface area contributed by atoms with Crippen molar-refractivity contribution in [2.24, 2.45) is 0 Å². The molecule has 0 N–H and O–H groups in total. The van der Waals surface area contributed by atoms with Crippen molar-refractivity contribution in [2.45, 2.75) is 37.1 Å². The van der Waals surface area contributed by atoms with Crippen LogP contribution in [0.1, 0.15) is 25.0 Å². The first-order chi connectivity index (χ1) is 7.70. The number of thioether (sulfide) groups is 1. The summed E-state index contributed by atoms with van der Waals surface area (Å²) >= 11 is 9.26. The summed E-state index contributed by atoms with van der Waals surface area (Å²) < 4.78 is 4.59. The molecular formula is C10H16ClN3S2. The molecule has 1 saturated carbocycles. The molecule has 0 saturated heterocycles. The molecule has 2 rings (SSSR count). The standard InChI is InChI=1S/C10H16ClN3S2/c1-14(6-9-10(11)16-13-12-9)7-3-4-8(5-7)15-2/h7-8H,3-6H2,1-2H3/t7-,8+/m0/s1. The minimum Gasteiger partial charge on any atom is -0.297 e. The van der Waals surface area contributed by atoms with Crippen LogP contribution >= 0.6 is 34.9 Å². The second-order valence-electron chi connectivity index (χ2n) is 4.23. The lowest BCUT2D eigenvalue weighted by molar-refractivity contribution is 0.235. The van der Waals surface area contributed by atoms with Crippen molar-refractivity contribution in [2.75, 3.05) is 13.3 Å². The zero-order valence-corrected chi connectivity index (χ0v) is 11.9. The highest BCUT2D eigenvalue weighted by Gasteiger charge is 2.27. The van der Waals surface area contributed by atoms with Crippen molar-refractivity contribution >= 4 is 34.9 Å². The molecule has 1 heterocycles. The maximum Gasteiger partial charge on any atom is 0.138 e. The first-order valence-electron chi connectivity index (χ1n) is 5.40. The van der Waals surface area contributed by atoms with E-state index in [4.69, 9.17) is 11.6 Å². The number of halogens is 1. The van der Waals surface area contributed by atoms with Crippen LogP contribution in [0.5, 0.6) is 0 Å². The lowest BCUT2D eigenvalue weighted by Crippen LogP contribution is -2.29. The molecule has 1 aromatic heterocycles. The smallest absolute Gasteiger partial charge is 0.138 e. The zero-order chi connectivity index (χ0) is 11.5. The Hall–Kier alpha value is 0.160. The number of hydrogen-bond donors (Lipinski definition) is 0. The molecule has 90 valence electrons. The van der Waals surface area contributed by atoms with Gasteiger partial charge in [-0.3, -0.25) is 4.90 Å². The normalized spacial score (nSPS) is 25.5. The largest absolute Gasteiger partial charge is 0.297 e. The first kappa shape index (κ1) is 12.6. The molecular weight excluding hydrogens is 262 g/mol. The van der Waals surface area contributed by atoms with Crippen molar-refractivity contribution in [3.63, 3.8) is 0 Å². The van der Waals surface area contributed by atoms with Gasteiger partial charge in [0.15, 0.2) is 0 Å². The average Bonchev–Trinajstić information content (AvgIpc) is 2.88. The van der Waals surface area contributed by atoms with Crippen LogP contribution in [0.2, 0.25) is 4.34 Å². The van der Waals surface area contributed by atoms with Crippen LogP contribution in [0.25, 0.3) is 0 Å². The van der Waals surface area contributed by atoms with Crippen molar-refractivity contribution < 1.29 is 0 Å². The molecule has 1 aliphatic carbocycles. The van der Waals surface area contributed by atoms with E-state index in [1.807, 2.05) is 11.8 Å². The Kier molecular flexibility index (Phi) is 4.47. The van der Waals surface area contributed by atoms with Crippen LogP contribution in [0.15, 0.2) is 0 Å². The summed E-state index contributed by atoms with van der Waals surface area (Å²) in [6, 6.07) is 0.676. The summed E-state index contributed by atoms with van der Waals surface area (Å²) in [6.07, 6.45) is 6.11. The Morgan fingerprint density at radius 2 is 2.38 bits per heavy atom. The van der Waals surface area contributed by atoms with Crippen LogP contribution in [0.3, 0.4) is 0 Å². The van der Waals surface area contributed by atoms with Gasteiger partial charge in [0, 0.05) is 29.4 Å². The highest BCUT2D eigenvalue weighted by atomic mass is 35.5. The van der Waals surface area contributed by atoms with E-state index >= 15 is 0 Å². The fourth-order valence-electron chi connectivity index (χ4n) is 2.19. The van der Waals surface area contributed by atoms with Gasteiger partial charge in [0.2, 0.25) is 0 Å². The van der Waals surface area contributed by atoms with E-state index < -0.39 is 0 Å². The highest BCUT2D eigenvalue weighted by Crippen LogP contribution is 2.31. The zero-order valence-electron chi connectivity index (χ0n) is 9.52. The molecule has 0 bridgehead atoms. The third kappa shape index (κ3) is 2.88. The maximum absolute atomic E-state index is 6.01. The van der Waals surface area contributed by atoms with E-state index in [1.165, 1.54) is 30.8 Å². The Morgan fingerprint density at radius 1 is 1.56 bits per heavy atom. The van der Waals surface area contributed by atoms with Gasteiger partial charge >= 0.3 is 0 Å². The number of nitrogens with zero attached hydrogens (tertiary/aromatic N) is 3. The average molecular weight is 278 g/mol. The van der Waals surface area contributed by atoms with E-state index in [2.05, 4.69) is 27.8 Å². The van der Waals surface area contributed by atoms with Gasteiger partial charge in [-0.25, -0.2) is 0 Å². The summed E-state index contributed by atoms with van der Waals surface area (Å²) in [5.41, 5.74) is 0.918. The van der Waals surface area contributed by atoms with Gasteiger partial charge in [-0.2, -0.15) is 11.8 Å². The molecule has 2 atom stereocenters. The van der Waals surface area contributed by atoms with E-state index in [0.29, 0.717) is 6.04 Å². The fourth-order valence-corrected chi connectivity index (χ4v) is 3.59. The predicted octanol–water partition coefficient (Wildman–Crippen LogP) is 2.91. The SMILES string of the molecule is CS[C@@H]1CC[C@H](N(C)Cc2nnsc2Cl)C1.